The Morgan fingerprint density at radius 3 is 0.836 bits per heavy atom. The minimum absolute atomic E-state index is 0.119. The average Bonchev–Trinajstić information content (AvgIpc) is 3.39. The molecule has 406 valence electrons. The molecule has 0 amide bonds. The highest BCUT2D eigenvalue weighted by Crippen LogP contribution is 2.15. The zero-order valence-electron chi connectivity index (χ0n) is 46.3. The van der Waals surface area contributed by atoms with Crippen LogP contribution in [0.5, 0.6) is 0 Å². The molecule has 0 bridgehead atoms. The Balaban J connectivity index is 4.62. The maximum absolute atomic E-state index is 12.9. The normalized spacial score (nSPS) is 13.4. The maximum Gasteiger partial charge on any atom is 0.306 e. The van der Waals surface area contributed by atoms with E-state index in [1.807, 2.05) is 146 Å². The van der Waals surface area contributed by atoms with Crippen LogP contribution in [0.25, 0.3) is 0 Å². The van der Waals surface area contributed by atoms with Crippen molar-refractivity contribution in [3.63, 3.8) is 0 Å². The molecule has 0 fully saturated rings. The van der Waals surface area contributed by atoms with E-state index in [1.165, 1.54) is 89.9 Å². The molecule has 0 aliphatic heterocycles. The lowest BCUT2D eigenvalue weighted by Gasteiger charge is -2.18. The first-order chi connectivity index (χ1) is 36.0. The van der Waals surface area contributed by atoms with E-state index in [4.69, 9.17) is 14.2 Å². The molecular weight excluding hydrogens is 901 g/mol. The molecule has 0 saturated heterocycles. The first-order valence-electron chi connectivity index (χ1n) is 28.8. The fourth-order valence-electron chi connectivity index (χ4n) is 7.35. The van der Waals surface area contributed by atoms with E-state index >= 15 is 0 Å². The molecule has 0 heterocycles. The molecule has 0 saturated carbocycles. The largest absolute Gasteiger partial charge is 0.462 e. The van der Waals surface area contributed by atoms with Crippen molar-refractivity contribution in [2.45, 2.75) is 219 Å². The summed E-state index contributed by atoms with van der Waals surface area (Å²) in [6.07, 6.45) is 87.6. The highest BCUT2D eigenvalue weighted by atomic mass is 16.6. The van der Waals surface area contributed by atoms with Crippen molar-refractivity contribution in [2.75, 3.05) is 13.2 Å². The highest BCUT2D eigenvalue weighted by molar-refractivity contribution is 5.71. The Hall–Kier alpha value is -5.23. The fraction of sp³-hybridized carbons (Fsp3) is 0.537. The maximum atomic E-state index is 12.9. The van der Waals surface area contributed by atoms with Crippen molar-refractivity contribution in [1.29, 1.82) is 0 Å². The quantitative estimate of drug-likeness (QED) is 0.0261. The number of rotatable bonds is 49. The van der Waals surface area contributed by atoms with Gasteiger partial charge in [0.1, 0.15) is 13.2 Å². The SMILES string of the molecule is CC\C=C/C=C\C=C/C=C\C=C\C=C/C=C\CCCCCC(=O)OCC(COC(=O)CCCCCCCCCCCCCCCCCCC)OC(=O)CCCCC\C=C/C=C\C=C\C=C/C=C\C=C/C=C\CC. The minimum atomic E-state index is -0.830. The third kappa shape index (κ3) is 57.5. The zero-order valence-corrected chi connectivity index (χ0v) is 46.3. The van der Waals surface area contributed by atoms with Gasteiger partial charge in [0.15, 0.2) is 6.10 Å². The molecule has 0 aromatic rings. The molecule has 1 atom stereocenters. The van der Waals surface area contributed by atoms with Crippen LogP contribution in [0.3, 0.4) is 0 Å². The second-order valence-corrected chi connectivity index (χ2v) is 18.5. The lowest BCUT2D eigenvalue weighted by molar-refractivity contribution is -0.167. The van der Waals surface area contributed by atoms with Gasteiger partial charge in [-0.25, -0.2) is 0 Å². The van der Waals surface area contributed by atoms with E-state index in [1.54, 1.807) is 0 Å². The number of unbranched alkanes of at least 4 members (excludes halogenated alkanes) is 22. The summed E-state index contributed by atoms with van der Waals surface area (Å²) in [7, 11) is 0. The first-order valence-corrected chi connectivity index (χ1v) is 28.8. The second-order valence-electron chi connectivity index (χ2n) is 18.5. The number of esters is 3. The van der Waals surface area contributed by atoms with Crippen molar-refractivity contribution in [3.8, 4) is 0 Å². The fourth-order valence-corrected chi connectivity index (χ4v) is 7.35. The topological polar surface area (TPSA) is 78.9 Å². The van der Waals surface area contributed by atoms with E-state index in [2.05, 4.69) is 45.1 Å². The van der Waals surface area contributed by atoms with Crippen molar-refractivity contribution in [3.05, 3.63) is 170 Å². The number of ether oxygens (including phenoxy) is 3. The lowest BCUT2D eigenvalue weighted by atomic mass is 10.0. The Morgan fingerprint density at radius 1 is 0.288 bits per heavy atom. The molecule has 73 heavy (non-hydrogen) atoms. The van der Waals surface area contributed by atoms with Crippen LogP contribution in [0.15, 0.2) is 170 Å². The summed E-state index contributed by atoms with van der Waals surface area (Å²) in [6.45, 7) is 6.26. The molecule has 6 heteroatoms. The van der Waals surface area contributed by atoms with Crippen LogP contribution >= 0.6 is 0 Å². The predicted octanol–water partition coefficient (Wildman–Crippen LogP) is 19.5. The molecule has 0 aromatic carbocycles. The van der Waals surface area contributed by atoms with E-state index in [0.717, 1.165) is 70.6 Å². The van der Waals surface area contributed by atoms with Gasteiger partial charge in [0, 0.05) is 19.3 Å². The monoisotopic (exact) mass is 1000 g/mol. The zero-order chi connectivity index (χ0) is 52.9. The third-order valence-corrected chi connectivity index (χ3v) is 11.6. The number of hydrogen-bond acceptors (Lipinski definition) is 6. The minimum Gasteiger partial charge on any atom is -0.462 e. The van der Waals surface area contributed by atoms with Gasteiger partial charge in [-0.05, 0) is 57.8 Å². The van der Waals surface area contributed by atoms with Gasteiger partial charge in [-0.15, -0.1) is 0 Å². The van der Waals surface area contributed by atoms with Crippen molar-refractivity contribution in [2.24, 2.45) is 0 Å². The van der Waals surface area contributed by atoms with Crippen LogP contribution in [0.1, 0.15) is 213 Å². The van der Waals surface area contributed by atoms with E-state index in [-0.39, 0.29) is 44.0 Å². The van der Waals surface area contributed by atoms with Crippen molar-refractivity contribution >= 4 is 17.9 Å². The lowest BCUT2D eigenvalue weighted by Crippen LogP contribution is -2.30. The summed E-state index contributed by atoms with van der Waals surface area (Å²) in [5.74, 6) is -1.02. The molecule has 0 aliphatic carbocycles. The van der Waals surface area contributed by atoms with Crippen LogP contribution in [-0.4, -0.2) is 37.2 Å². The highest BCUT2D eigenvalue weighted by Gasteiger charge is 2.19. The molecule has 0 rings (SSSR count). The van der Waals surface area contributed by atoms with E-state index < -0.39 is 6.10 Å². The molecule has 0 spiro atoms. The van der Waals surface area contributed by atoms with Crippen LogP contribution in [0.2, 0.25) is 0 Å². The number of hydrogen-bond donors (Lipinski definition) is 0. The van der Waals surface area contributed by atoms with Gasteiger partial charge in [0.05, 0.1) is 0 Å². The van der Waals surface area contributed by atoms with Crippen LogP contribution in [0, 0.1) is 0 Å². The smallest absolute Gasteiger partial charge is 0.306 e. The summed E-state index contributed by atoms with van der Waals surface area (Å²) in [5, 5.41) is 0. The summed E-state index contributed by atoms with van der Waals surface area (Å²) < 4.78 is 16.8. The van der Waals surface area contributed by atoms with Crippen LogP contribution in [0.4, 0.5) is 0 Å². The molecule has 0 N–H and O–H groups in total. The molecule has 0 aliphatic rings. The summed E-state index contributed by atoms with van der Waals surface area (Å²) in [5.41, 5.74) is 0. The van der Waals surface area contributed by atoms with Gasteiger partial charge in [0.2, 0.25) is 0 Å². The summed E-state index contributed by atoms with van der Waals surface area (Å²) >= 11 is 0. The molecular formula is C67H102O6. The van der Waals surface area contributed by atoms with Crippen molar-refractivity contribution < 1.29 is 28.6 Å². The molecule has 0 aromatic heterocycles. The molecule has 0 radical (unpaired) electrons. The number of carbonyl (C=O) groups excluding carboxylic acids is 3. The van der Waals surface area contributed by atoms with E-state index in [9.17, 15) is 14.4 Å². The Labute approximate surface area is 447 Å². The van der Waals surface area contributed by atoms with Gasteiger partial charge >= 0.3 is 17.9 Å². The Kier molecular flexibility index (Phi) is 55.1. The van der Waals surface area contributed by atoms with Gasteiger partial charge in [-0.3, -0.25) is 14.4 Å². The van der Waals surface area contributed by atoms with E-state index in [0.29, 0.717) is 19.3 Å². The number of carbonyl (C=O) groups is 3. The van der Waals surface area contributed by atoms with Crippen LogP contribution in [-0.2, 0) is 28.6 Å². The Bertz CT molecular complexity index is 1720. The Morgan fingerprint density at radius 2 is 0.534 bits per heavy atom. The molecule has 6 nitrogen and oxygen atoms in total. The standard InChI is InChI=1S/C67H102O6/c1-4-7-10-13-16-19-22-25-28-31-33-36-39-42-45-48-51-54-57-60-66(69)72-63-64(62-71-65(68)59-56-53-50-47-44-41-38-35-30-27-24-21-18-15-12-9-6-3)73-67(70)61-58-55-52-49-46-43-40-37-34-32-29-26-23-20-17-14-11-8-5-2/h7-8,10-11,13-14,16-17,19-20,22-23,25-26,28-29,31-34,36-37,39-40,42-43,45-46,64H,4-6,9,12,15,18,21,24,27,30,35,38,41,44,47-63H2,1-3H3/b10-7-,11-8-,16-13-,17-14-,22-19-,23-20-,28-25-,29-26-,33-31+,34-32+,39-36-,40-37-,45-42-,46-43-. The average molecular weight is 1000 g/mol. The van der Waals surface area contributed by atoms with Gasteiger partial charge < -0.3 is 14.2 Å². The third-order valence-electron chi connectivity index (χ3n) is 11.6. The molecule has 1 unspecified atom stereocenters. The number of allylic oxidation sites excluding steroid dienone is 28. The summed E-state index contributed by atoms with van der Waals surface area (Å²) in [4.78, 5) is 38.2. The van der Waals surface area contributed by atoms with Gasteiger partial charge in [-0.1, -0.05) is 306 Å². The van der Waals surface area contributed by atoms with Crippen molar-refractivity contribution in [1.82, 2.24) is 0 Å². The van der Waals surface area contributed by atoms with Crippen LogP contribution < -0.4 is 0 Å². The van der Waals surface area contributed by atoms with Gasteiger partial charge in [-0.2, -0.15) is 0 Å². The van der Waals surface area contributed by atoms with Gasteiger partial charge in [0.25, 0.3) is 0 Å². The predicted molar refractivity (Wildman–Crippen MR) is 315 cm³/mol. The second kappa shape index (κ2) is 59.3. The summed E-state index contributed by atoms with van der Waals surface area (Å²) in [6, 6.07) is 0. The first kappa shape index (κ1) is 67.8.